The molecular weight excluding hydrogens is 197 g/mol. The fourth-order valence-corrected chi connectivity index (χ4v) is 1.07. The molecule has 0 amide bonds. The second-order valence-corrected chi connectivity index (χ2v) is 2.22. The van der Waals surface area contributed by atoms with E-state index in [4.69, 9.17) is 0 Å². The molecule has 2 aromatic rings. The number of phenolic OH excluding ortho intramolecular Hbond substituents is 1. The third-order valence-electron chi connectivity index (χ3n) is 1.57. The number of nitrogens with one attached hydrogen (secondary N) is 1. The molecule has 0 radical (unpaired) electrons. The second-order valence-electron chi connectivity index (χ2n) is 2.22. The predicted octanol–water partition coefficient (Wildman–Crippen LogP) is 2.72. The van der Waals surface area contributed by atoms with Gasteiger partial charge in [-0.2, -0.15) is 0 Å². The molecule has 2 rings (SSSR count). The number of fused-ring (bicyclic) bond motifs is 1. The van der Waals surface area contributed by atoms with Gasteiger partial charge in [-0.25, -0.2) is 0 Å². The van der Waals surface area contributed by atoms with Crippen molar-refractivity contribution >= 4 is 35.7 Å². The van der Waals surface area contributed by atoms with E-state index in [0.717, 1.165) is 10.9 Å². The molecule has 0 saturated heterocycles. The van der Waals surface area contributed by atoms with Crippen LogP contribution >= 0.6 is 24.8 Å². The van der Waals surface area contributed by atoms with Crippen LogP contribution in [0.3, 0.4) is 0 Å². The number of halogens is 2. The van der Waals surface area contributed by atoms with Crippen LogP contribution in [0.15, 0.2) is 30.5 Å². The van der Waals surface area contributed by atoms with Crippen molar-refractivity contribution in [1.82, 2.24) is 4.98 Å². The van der Waals surface area contributed by atoms with Crippen LogP contribution in [0.25, 0.3) is 10.9 Å². The summed E-state index contributed by atoms with van der Waals surface area (Å²) in [7, 11) is 0. The smallest absolute Gasteiger partial charge is 0.124 e. The number of aromatic hydroxyl groups is 1. The van der Waals surface area contributed by atoms with Crippen molar-refractivity contribution in [2.45, 2.75) is 0 Å². The normalized spacial score (nSPS) is 8.67. The molecule has 12 heavy (non-hydrogen) atoms. The Morgan fingerprint density at radius 3 is 2.50 bits per heavy atom. The minimum Gasteiger partial charge on any atom is -0.507 e. The maximum atomic E-state index is 9.24. The Morgan fingerprint density at radius 2 is 1.83 bits per heavy atom. The van der Waals surface area contributed by atoms with E-state index in [1.54, 1.807) is 6.07 Å². The summed E-state index contributed by atoms with van der Waals surface area (Å²) in [6.45, 7) is 0. The fraction of sp³-hybridized carbons (Fsp3) is 0. The van der Waals surface area contributed by atoms with Crippen LogP contribution in [-0.4, -0.2) is 10.1 Å². The topological polar surface area (TPSA) is 36.0 Å². The highest BCUT2D eigenvalue weighted by Gasteiger charge is 1.96. The number of H-pyrrole nitrogens is 1. The van der Waals surface area contributed by atoms with Gasteiger partial charge in [-0.1, -0.05) is 6.07 Å². The van der Waals surface area contributed by atoms with Gasteiger partial charge in [-0.05, 0) is 18.2 Å². The van der Waals surface area contributed by atoms with Crippen molar-refractivity contribution in [3.05, 3.63) is 30.5 Å². The minimum absolute atomic E-state index is 0. The van der Waals surface area contributed by atoms with Crippen LogP contribution in [0.1, 0.15) is 0 Å². The van der Waals surface area contributed by atoms with Gasteiger partial charge in [0.05, 0.1) is 0 Å². The summed E-state index contributed by atoms with van der Waals surface area (Å²) in [5.41, 5.74) is 0.972. The summed E-state index contributed by atoms with van der Waals surface area (Å²) < 4.78 is 0. The van der Waals surface area contributed by atoms with E-state index in [2.05, 4.69) is 4.98 Å². The fourth-order valence-electron chi connectivity index (χ4n) is 1.07. The van der Waals surface area contributed by atoms with Gasteiger partial charge in [-0.3, -0.25) is 0 Å². The van der Waals surface area contributed by atoms with E-state index in [-0.39, 0.29) is 24.8 Å². The Bertz CT molecular complexity index is 359. The first-order valence-corrected chi connectivity index (χ1v) is 3.13. The van der Waals surface area contributed by atoms with Gasteiger partial charge in [0.25, 0.3) is 0 Å². The number of aromatic nitrogens is 1. The van der Waals surface area contributed by atoms with Crippen molar-refractivity contribution in [3.63, 3.8) is 0 Å². The van der Waals surface area contributed by atoms with Crippen molar-refractivity contribution < 1.29 is 5.11 Å². The average molecular weight is 206 g/mol. The van der Waals surface area contributed by atoms with E-state index in [9.17, 15) is 5.11 Å². The molecule has 0 aliphatic rings. The lowest BCUT2D eigenvalue weighted by Crippen LogP contribution is -1.66. The van der Waals surface area contributed by atoms with Crippen LogP contribution in [0.4, 0.5) is 0 Å². The molecule has 0 unspecified atom stereocenters. The van der Waals surface area contributed by atoms with Crippen molar-refractivity contribution in [2.24, 2.45) is 0 Å². The lowest BCUT2D eigenvalue weighted by molar-refractivity contribution is 0.482. The number of rotatable bonds is 0. The lowest BCUT2D eigenvalue weighted by atomic mass is 10.2. The average Bonchev–Trinajstić information content (AvgIpc) is 2.36. The highest BCUT2D eigenvalue weighted by atomic mass is 35.5. The minimum atomic E-state index is 0. The second kappa shape index (κ2) is 4.24. The Balaban J connectivity index is 0.000000605. The number of hydrogen-bond donors (Lipinski definition) is 2. The summed E-state index contributed by atoms with van der Waals surface area (Å²) >= 11 is 0. The van der Waals surface area contributed by atoms with E-state index < -0.39 is 0 Å². The van der Waals surface area contributed by atoms with Crippen molar-refractivity contribution in [3.8, 4) is 5.75 Å². The molecule has 1 heterocycles. The monoisotopic (exact) mass is 205 g/mol. The van der Waals surface area contributed by atoms with Crippen LogP contribution in [0, 0.1) is 0 Å². The third-order valence-corrected chi connectivity index (χ3v) is 1.57. The maximum absolute atomic E-state index is 9.24. The molecule has 0 aliphatic carbocycles. The molecule has 1 aromatic heterocycles. The molecule has 0 aliphatic heterocycles. The number of aromatic amines is 1. The van der Waals surface area contributed by atoms with Gasteiger partial charge in [0.2, 0.25) is 0 Å². The zero-order valence-electron chi connectivity index (χ0n) is 6.15. The molecule has 0 spiro atoms. The van der Waals surface area contributed by atoms with Crippen LogP contribution < -0.4 is 0 Å². The van der Waals surface area contributed by atoms with Crippen LogP contribution in [-0.2, 0) is 0 Å². The zero-order chi connectivity index (χ0) is 6.97. The third kappa shape index (κ3) is 1.65. The van der Waals surface area contributed by atoms with Gasteiger partial charge < -0.3 is 10.1 Å². The van der Waals surface area contributed by atoms with E-state index >= 15 is 0 Å². The molecule has 2 nitrogen and oxygen atoms in total. The first kappa shape index (κ1) is 11.1. The number of benzene rings is 1. The van der Waals surface area contributed by atoms with Gasteiger partial charge in [0.1, 0.15) is 5.75 Å². The van der Waals surface area contributed by atoms with Gasteiger partial charge in [-0.15, -0.1) is 24.8 Å². The van der Waals surface area contributed by atoms with Crippen LogP contribution in [0.5, 0.6) is 5.75 Å². The SMILES string of the molecule is Cl.Cl.Oc1cccc2[nH]ccc12. The Labute approximate surface area is 82.4 Å². The van der Waals surface area contributed by atoms with Crippen molar-refractivity contribution in [1.29, 1.82) is 0 Å². The first-order chi connectivity index (χ1) is 4.88. The van der Waals surface area contributed by atoms with E-state index in [1.807, 2.05) is 24.4 Å². The molecule has 0 atom stereocenters. The summed E-state index contributed by atoms with van der Waals surface area (Å²) in [5.74, 6) is 0.332. The molecule has 0 fully saturated rings. The number of hydrogen-bond acceptors (Lipinski definition) is 1. The molecular formula is C8H9Cl2NO. The summed E-state index contributed by atoms with van der Waals surface area (Å²) in [4.78, 5) is 3.00. The van der Waals surface area contributed by atoms with Gasteiger partial charge in [0.15, 0.2) is 0 Å². The highest BCUT2D eigenvalue weighted by Crippen LogP contribution is 2.22. The van der Waals surface area contributed by atoms with Crippen molar-refractivity contribution in [2.75, 3.05) is 0 Å². The van der Waals surface area contributed by atoms with Gasteiger partial charge in [0, 0.05) is 17.1 Å². The summed E-state index contributed by atoms with van der Waals surface area (Å²) in [6.07, 6.45) is 1.81. The summed E-state index contributed by atoms with van der Waals surface area (Å²) in [5, 5.41) is 10.1. The molecule has 1 aromatic carbocycles. The molecule has 2 N–H and O–H groups in total. The standard InChI is InChI=1S/C8H7NO.2ClH/c10-8-3-1-2-7-6(8)4-5-9-7;;/h1-5,9-10H;2*1H. The van der Waals surface area contributed by atoms with Gasteiger partial charge >= 0.3 is 0 Å². The zero-order valence-corrected chi connectivity index (χ0v) is 7.78. The van der Waals surface area contributed by atoms with E-state index in [0.29, 0.717) is 5.75 Å². The molecule has 4 heteroatoms. The molecule has 0 bridgehead atoms. The Hall–Kier alpha value is -0.860. The maximum Gasteiger partial charge on any atom is 0.124 e. The summed E-state index contributed by atoms with van der Waals surface area (Å²) in [6, 6.07) is 7.27. The quantitative estimate of drug-likeness (QED) is 0.682. The number of phenols is 1. The Kier molecular flexibility index (Phi) is 3.93. The lowest BCUT2D eigenvalue weighted by Gasteiger charge is -1.91. The van der Waals surface area contributed by atoms with E-state index in [1.165, 1.54) is 0 Å². The first-order valence-electron chi connectivity index (χ1n) is 3.13. The molecule has 66 valence electrons. The largest absolute Gasteiger partial charge is 0.507 e. The predicted molar refractivity (Wildman–Crippen MR) is 54.5 cm³/mol. The van der Waals surface area contributed by atoms with Crippen LogP contribution in [0.2, 0.25) is 0 Å². The highest BCUT2D eigenvalue weighted by molar-refractivity contribution is 5.86. The Morgan fingerprint density at radius 1 is 1.08 bits per heavy atom. The molecule has 0 saturated carbocycles.